The molecule has 0 aliphatic carbocycles. The fourth-order valence-corrected chi connectivity index (χ4v) is 3.35. The molecule has 2 aromatic carbocycles. The Hall–Kier alpha value is -3.06. The Labute approximate surface area is 167 Å². The second kappa shape index (κ2) is 9.23. The summed E-state index contributed by atoms with van der Waals surface area (Å²) >= 11 is 1.28. The highest BCUT2D eigenvalue weighted by molar-refractivity contribution is 8.18. The van der Waals surface area contributed by atoms with E-state index in [2.05, 4.69) is 17.2 Å². The Bertz CT molecular complexity index is 936. The Kier molecular flexibility index (Phi) is 6.49. The number of aliphatic carboxylic acids is 1. The highest BCUT2D eigenvalue weighted by Gasteiger charge is 2.23. The quantitative estimate of drug-likeness (QED) is 0.691. The number of thioether (sulfide) groups is 1. The van der Waals surface area contributed by atoms with E-state index in [0.29, 0.717) is 15.8 Å². The maximum atomic E-state index is 12.2. The Balaban J connectivity index is 1.69. The summed E-state index contributed by atoms with van der Waals surface area (Å²) in [6, 6.07) is 15.1. The van der Waals surface area contributed by atoms with Gasteiger partial charge in [-0.25, -0.2) is 4.99 Å². The molecular formula is C21H20N2O4S. The number of carbonyl (C=O) groups is 2. The molecular weight excluding hydrogens is 376 g/mol. The molecule has 1 aliphatic heterocycles. The predicted molar refractivity (Wildman–Crippen MR) is 111 cm³/mol. The highest BCUT2D eigenvalue weighted by atomic mass is 32.2. The lowest BCUT2D eigenvalue weighted by atomic mass is 10.2. The summed E-state index contributed by atoms with van der Waals surface area (Å²) in [7, 11) is 0. The average molecular weight is 396 g/mol. The van der Waals surface area contributed by atoms with Gasteiger partial charge in [0, 0.05) is 0 Å². The molecule has 144 valence electrons. The smallest absolute Gasteiger partial charge is 0.306 e. The second-order valence-corrected chi connectivity index (χ2v) is 7.10. The van der Waals surface area contributed by atoms with Crippen LogP contribution in [-0.4, -0.2) is 28.8 Å². The van der Waals surface area contributed by atoms with E-state index in [4.69, 9.17) is 9.84 Å². The van der Waals surface area contributed by atoms with Crippen LogP contribution in [0.1, 0.15) is 24.5 Å². The van der Waals surface area contributed by atoms with Gasteiger partial charge < -0.3 is 15.2 Å². The molecule has 2 aromatic rings. The monoisotopic (exact) mass is 396 g/mol. The van der Waals surface area contributed by atoms with Gasteiger partial charge in [0.15, 0.2) is 5.17 Å². The van der Waals surface area contributed by atoms with Crippen LogP contribution in [0.2, 0.25) is 0 Å². The second-order valence-electron chi connectivity index (χ2n) is 6.07. The molecule has 0 spiro atoms. The molecule has 0 unspecified atom stereocenters. The van der Waals surface area contributed by atoms with E-state index < -0.39 is 5.97 Å². The van der Waals surface area contributed by atoms with Crippen LogP contribution in [0.4, 0.5) is 5.69 Å². The SMILES string of the molecule is CCc1ccc(N=C2NC(=O)/C(=C\c3cccc(OCCC(=O)O)c3)S2)cc1. The van der Waals surface area contributed by atoms with Crippen molar-refractivity contribution in [2.24, 2.45) is 4.99 Å². The van der Waals surface area contributed by atoms with Crippen LogP contribution >= 0.6 is 11.8 Å². The minimum Gasteiger partial charge on any atom is -0.493 e. The van der Waals surface area contributed by atoms with Gasteiger partial charge in [0.1, 0.15) is 5.75 Å². The van der Waals surface area contributed by atoms with Crippen LogP contribution in [0, 0.1) is 0 Å². The molecule has 0 radical (unpaired) electrons. The first-order valence-corrected chi connectivity index (χ1v) is 9.68. The third-order valence-electron chi connectivity index (χ3n) is 3.97. The Morgan fingerprint density at radius 2 is 2.04 bits per heavy atom. The van der Waals surface area contributed by atoms with Crippen molar-refractivity contribution in [3.63, 3.8) is 0 Å². The van der Waals surface area contributed by atoms with Gasteiger partial charge in [-0.05, 0) is 59.7 Å². The van der Waals surface area contributed by atoms with E-state index in [9.17, 15) is 9.59 Å². The molecule has 1 aliphatic rings. The number of carbonyl (C=O) groups excluding carboxylic acids is 1. The number of amidine groups is 1. The zero-order chi connectivity index (χ0) is 19.9. The average Bonchev–Trinajstić information content (AvgIpc) is 3.01. The molecule has 0 saturated carbocycles. The number of aliphatic imine (C=N–C) groups is 1. The molecule has 1 heterocycles. The number of nitrogens with one attached hydrogen (secondary N) is 1. The maximum Gasteiger partial charge on any atom is 0.306 e. The molecule has 1 amide bonds. The number of aryl methyl sites for hydroxylation is 1. The van der Waals surface area contributed by atoms with Gasteiger partial charge in [0.05, 0.1) is 23.6 Å². The molecule has 0 bridgehead atoms. The van der Waals surface area contributed by atoms with Crippen LogP contribution in [0.3, 0.4) is 0 Å². The van der Waals surface area contributed by atoms with E-state index in [0.717, 1.165) is 17.7 Å². The number of benzene rings is 2. The number of rotatable bonds is 7. The molecule has 2 N–H and O–H groups in total. The van der Waals surface area contributed by atoms with E-state index in [1.54, 1.807) is 24.3 Å². The van der Waals surface area contributed by atoms with Gasteiger partial charge in [0.25, 0.3) is 5.91 Å². The fourth-order valence-electron chi connectivity index (χ4n) is 2.51. The van der Waals surface area contributed by atoms with Crippen LogP contribution < -0.4 is 10.1 Å². The van der Waals surface area contributed by atoms with Gasteiger partial charge in [-0.1, -0.05) is 31.2 Å². The molecule has 1 fully saturated rings. The summed E-state index contributed by atoms with van der Waals surface area (Å²) in [6.45, 7) is 2.19. The van der Waals surface area contributed by atoms with Crippen molar-refractivity contribution in [3.05, 3.63) is 64.6 Å². The lowest BCUT2D eigenvalue weighted by Crippen LogP contribution is -2.19. The summed E-state index contributed by atoms with van der Waals surface area (Å²) in [4.78, 5) is 27.8. The molecule has 1 saturated heterocycles. The van der Waals surface area contributed by atoms with Crippen molar-refractivity contribution in [1.82, 2.24) is 5.32 Å². The van der Waals surface area contributed by atoms with E-state index in [-0.39, 0.29) is 18.9 Å². The third-order valence-corrected chi connectivity index (χ3v) is 4.88. The van der Waals surface area contributed by atoms with Crippen molar-refractivity contribution in [1.29, 1.82) is 0 Å². The zero-order valence-corrected chi connectivity index (χ0v) is 16.2. The largest absolute Gasteiger partial charge is 0.493 e. The lowest BCUT2D eigenvalue weighted by molar-refractivity contribution is -0.137. The number of nitrogens with zero attached hydrogens (tertiary/aromatic N) is 1. The Morgan fingerprint density at radius 1 is 1.25 bits per heavy atom. The number of ether oxygens (including phenoxy) is 1. The summed E-state index contributed by atoms with van der Waals surface area (Å²) in [6.07, 6.45) is 2.66. The highest BCUT2D eigenvalue weighted by Crippen LogP contribution is 2.29. The van der Waals surface area contributed by atoms with Crippen molar-refractivity contribution in [2.75, 3.05) is 6.61 Å². The normalized spacial score (nSPS) is 16.4. The van der Waals surface area contributed by atoms with E-state index in [1.807, 2.05) is 30.3 Å². The number of carboxylic acid groups (broad SMARTS) is 1. The molecule has 7 heteroatoms. The maximum absolute atomic E-state index is 12.2. The first-order chi connectivity index (χ1) is 13.5. The van der Waals surface area contributed by atoms with Crippen LogP contribution in [0.25, 0.3) is 6.08 Å². The Morgan fingerprint density at radius 3 is 2.75 bits per heavy atom. The number of hydrogen-bond donors (Lipinski definition) is 2. The fraction of sp³-hybridized carbons (Fsp3) is 0.190. The van der Waals surface area contributed by atoms with E-state index >= 15 is 0 Å². The van der Waals surface area contributed by atoms with Crippen molar-refractivity contribution >= 4 is 40.6 Å². The first kappa shape index (κ1) is 19.7. The predicted octanol–water partition coefficient (Wildman–Crippen LogP) is 3.99. The first-order valence-electron chi connectivity index (χ1n) is 8.86. The number of carboxylic acids is 1. The topological polar surface area (TPSA) is 88.0 Å². The van der Waals surface area contributed by atoms with Crippen molar-refractivity contribution in [3.8, 4) is 5.75 Å². The minimum absolute atomic E-state index is 0.0668. The van der Waals surface area contributed by atoms with Gasteiger partial charge in [-0.2, -0.15) is 0 Å². The van der Waals surface area contributed by atoms with Crippen molar-refractivity contribution in [2.45, 2.75) is 19.8 Å². The van der Waals surface area contributed by atoms with E-state index in [1.165, 1.54) is 17.3 Å². The summed E-state index contributed by atoms with van der Waals surface area (Å²) < 4.78 is 5.43. The van der Waals surface area contributed by atoms with Gasteiger partial charge in [-0.3, -0.25) is 9.59 Å². The summed E-state index contributed by atoms with van der Waals surface area (Å²) in [5.74, 6) is -0.552. The number of hydrogen-bond acceptors (Lipinski definition) is 5. The lowest BCUT2D eigenvalue weighted by Gasteiger charge is -2.05. The van der Waals surface area contributed by atoms with Crippen LogP contribution in [-0.2, 0) is 16.0 Å². The summed E-state index contributed by atoms with van der Waals surface area (Å²) in [5.41, 5.74) is 2.81. The van der Waals surface area contributed by atoms with Crippen LogP contribution in [0.5, 0.6) is 5.75 Å². The molecule has 3 rings (SSSR count). The molecule has 0 atom stereocenters. The van der Waals surface area contributed by atoms with Crippen molar-refractivity contribution < 1.29 is 19.4 Å². The standard InChI is InChI=1S/C21H20N2O4S/c1-2-14-6-8-16(9-7-14)22-21-23-20(26)18(28-21)13-15-4-3-5-17(12-15)27-11-10-19(24)25/h3-9,12-13H,2,10-11H2,1H3,(H,24,25)(H,22,23,26)/b18-13+. The number of amides is 1. The van der Waals surface area contributed by atoms with Crippen LogP contribution in [0.15, 0.2) is 58.4 Å². The minimum atomic E-state index is -0.909. The van der Waals surface area contributed by atoms with Gasteiger partial charge in [-0.15, -0.1) is 0 Å². The van der Waals surface area contributed by atoms with Gasteiger partial charge in [0.2, 0.25) is 0 Å². The molecule has 0 aromatic heterocycles. The molecule has 6 nitrogen and oxygen atoms in total. The third kappa shape index (κ3) is 5.47. The molecule has 28 heavy (non-hydrogen) atoms. The zero-order valence-electron chi connectivity index (χ0n) is 15.3. The summed E-state index contributed by atoms with van der Waals surface area (Å²) in [5, 5.41) is 12.0. The van der Waals surface area contributed by atoms with Gasteiger partial charge >= 0.3 is 5.97 Å².